The Morgan fingerprint density at radius 2 is 1.92 bits per heavy atom. The summed E-state index contributed by atoms with van der Waals surface area (Å²) >= 11 is 0. The highest BCUT2D eigenvalue weighted by molar-refractivity contribution is 5.98. The third-order valence-corrected chi connectivity index (χ3v) is 3.74. The maximum atomic E-state index is 13.0. The van der Waals surface area contributed by atoms with E-state index in [4.69, 9.17) is 0 Å². The fraction of sp³-hybridized carbons (Fsp3) is 0.250. The van der Waals surface area contributed by atoms with E-state index in [9.17, 15) is 14.0 Å². The van der Waals surface area contributed by atoms with E-state index in [-0.39, 0.29) is 30.1 Å². The molecular formula is C16H16FN5O2. The van der Waals surface area contributed by atoms with Crippen molar-refractivity contribution in [2.24, 2.45) is 0 Å². The van der Waals surface area contributed by atoms with Crippen molar-refractivity contribution in [3.8, 4) is 0 Å². The van der Waals surface area contributed by atoms with E-state index in [0.717, 1.165) is 0 Å². The van der Waals surface area contributed by atoms with Gasteiger partial charge >= 0.3 is 0 Å². The molecule has 0 unspecified atom stereocenters. The molecule has 1 saturated heterocycles. The molecule has 2 aromatic rings. The van der Waals surface area contributed by atoms with E-state index in [1.165, 1.54) is 29.4 Å². The number of nitrogens with zero attached hydrogens (tertiary/aromatic N) is 3. The van der Waals surface area contributed by atoms with Gasteiger partial charge in [-0.1, -0.05) is 0 Å². The number of carbonyl (C=O) groups excluding carboxylic acids is 2. The number of carbonyl (C=O) groups is 2. The summed E-state index contributed by atoms with van der Waals surface area (Å²) in [5, 5.41) is 5.57. The number of halogens is 1. The van der Waals surface area contributed by atoms with Gasteiger partial charge in [0.25, 0.3) is 5.91 Å². The molecule has 2 amide bonds. The Balaban J connectivity index is 1.65. The van der Waals surface area contributed by atoms with Crippen LogP contribution in [0.25, 0.3) is 0 Å². The van der Waals surface area contributed by atoms with E-state index in [1.54, 1.807) is 19.2 Å². The van der Waals surface area contributed by atoms with Crippen LogP contribution >= 0.6 is 0 Å². The first-order valence-electron chi connectivity index (χ1n) is 7.43. The molecule has 0 aliphatic carbocycles. The molecule has 8 heteroatoms. The second-order valence-corrected chi connectivity index (χ2v) is 5.40. The van der Waals surface area contributed by atoms with Gasteiger partial charge in [0.1, 0.15) is 5.82 Å². The van der Waals surface area contributed by atoms with Gasteiger partial charge in [0.05, 0.1) is 11.6 Å². The first-order chi connectivity index (χ1) is 11.6. The van der Waals surface area contributed by atoms with Crippen LogP contribution in [0.5, 0.6) is 0 Å². The molecule has 24 heavy (non-hydrogen) atoms. The van der Waals surface area contributed by atoms with Gasteiger partial charge in [0.15, 0.2) is 0 Å². The lowest BCUT2D eigenvalue weighted by atomic mass is 10.2. The highest BCUT2D eigenvalue weighted by atomic mass is 19.1. The number of hydrogen-bond donors (Lipinski definition) is 2. The monoisotopic (exact) mass is 329 g/mol. The average molecular weight is 329 g/mol. The molecule has 0 bridgehead atoms. The summed E-state index contributed by atoms with van der Waals surface area (Å²) in [6.45, 7) is 0.339. The van der Waals surface area contributed by atoms with Gasteiger partial charge in [0, 0.05) is 38.1 Å². The van der Waals surface area contributed by atoms with E-state index in [0.29, 0.717) is 23.7 Å². The molecule has 0 radical (unpaired) electrons. The van der Waals surface area contributed by atoms with Gasteiger partial charge < -0.3 is 15.5 Å². The van der Waals surface area contributed by atoms with Crippen molar-refractivity contribution in [3.63, 3.8) is 0 Å². The van der Waals surface area contributed by atoms with Crippen LogP contribution < -0.4 is 15.5 Å². The van der Waals surface area contributed by atoms with Crippen LogP contribution in [-0.4, -0.2) is 41.4 Å². The number of hydrogen-bond acceptors (Lipinski definition) is 5. The van der Waals surface area contributed by atoms with Crippen molar-refractivity contribution >= 4 is 23.5 Å². The molecule has 7 nitrogen and oxygen atoms in total. The topological polar surface area (TPSA) is 87.2 Å². The molecular weight excluding hydrogens is 313 g/mol. The minimum Gasteiger partial charge on any atom is -0.357 e. The Kier molecular flexibility index (Phi) is 4.37. The summed E-state index contributed by atoms with van der Waals surface area (Å²) < 4.78 is 13.0. The zero-order valence-electron chi connectivity index (χ0n) is 13.0. The van der Waals surface area contributed by atoms with Crippen molar-refractivity contribution in [1.82, 2.24) is 15.3 Å². The third-order valence-electron chi connectivity index (χ3n) is 3.74. The Morgan fingerprint density at radius 3 is 2.54 bits per heavy atom. The first-order valence-corrected chi connectivity index (χ1v) is 7.43. The van der Waals surface area contributed by atoms with Crippen LogP contribution in [0.2, 0.25) is 0 Å². The van der Waals surface area contributed by atoms with Crippen molar-refractivity contribution in [3.05, 3.63) is 48.0 Å². The molecule has 1 aromatic heterocycles. The van der Waals surface area contributed by atoms with E-state index in [2.05, 4.69) is 20.6 Å². The van der Waals surface area contributed by atoms with Crippen molar-refractivity contribution in [2.75, 3.05) is 23.8 Å². The summed E-state index contributed by atoms with van der Waals surface area (Å²) in [5.41, 5.74) is 0.932. The summed E-state index contributed by atoms with van der Waals surface area (Å²) in [5.74, 6) is -0.393. The highest BCUT2D eigenvalue weighted by Crippen LogP contribution is 2.22. The van der Waals surface area contributed by atoms with Crippen LogP contribution in [0.1, 0.15) is 16.8 Å². The quantitative estimate of drug-likeness (QED) is 0.880. The Bertz CT molecular complexity index is 748. The van der Waals surface area contributed by atoms with Gasteiger partial charge in [-0.3, -0.25) is 9.59 Å². The zero-order valence-corrected chi connectivity index (χ0v) is 13.0. The molecule has 2 heterocycles. The second-order valence-electron chi connectivity index (χ2n) is 5.40. The van der Waals surface area contributed by atoms with Crippen LogP contribution in [0.4, 0.5) is 16.0 Å². The predicted molar refractivity (Wildman–Crippen MR) is 86.2 cm³/mol. The van der Waals surface area contributed by atoms with Gasteiger partial charge in [0.2, 0.25) is 11.9 Å². The Morgan fingerprint density at radius 1 is 1.25 bits per heavy atom. The van der Waals surface area contributed by atoms with Gasteiger partial charge in [-0.15, -0.1) is 0 Å². The summed E-state index contributed by atoms with van der Waals surface area (Å²) in [6.07, 6.45) is 3.03. The summed E-state index contributed by atoms with van der Waals surface area (Å²) in [7, 11) is 1.68. The lowest BCUT2D eigenvalue weighted by molar-refractivity contribution is -0.117. The van der Waals surface area contributed by atoms with Crippen molar-refractivity contribution in [2.45, 2.75) is 12.5 Å². The van der Waals surface area contributed by atoms with E-state index in [1.807, 2.05) is 0 Å². The SMILES string of the molecule is CNc1ncc(C(=O)N[C@H]2CC(=O)N(c3ccc(F)cc3)C2)cn1. The maximum absolute atomic E-state index is 13.0. The van der Waals surface area contributed by atoms with Crippen LogP contribution in [0.15, 0.2) is 36.7 Å². The smallest absolute Gasteiger partial charge is 0.254 e. The van der Waals surface area contributed by atoms with Crippen molar-refractivity contribution < 1.29 is 14.0 Å². The minimum atomic E-state index is -0.361. The standard InChI is InChI=1S/C16H16FN5O2/c1-18-16-19-7-10(8-20-16)15(24)21-12-6-14(23)22(9-12)13-4-2-11(17)3-5-13/h2-5,7-8,12H,6,9H2,1H3,(H,21,24)(H,18,19,20)/t12-/m0/s1. The third kappa shape index (κ3) is 3.32. The van der Waals surface area contributed by atoms with Crippen molar-refractivity contribution in [1.29, 1.82) is 0 Å². The number of rotatable bonds is 4. The first kappa shape index (κ1) is 15.9. The number of benzene rings is 1. The molecule has 124 valence electrons. The number of nitrogens with one attached hydrogen (secondary N) is 2. The Hall–Kier alpha value is -3.03. The second kappa shape index (κ2) is 6.61. The number of anilines is 2. The van der Waals surface area contributed by atoms with Gasteiger partial charge in [-0.2, -0.15) is 0 Å². The molecule has 3 rings (SSSR count). The lowest BCUT2D eigenvalue weighted by Crippen LogP contribution is -2.37. The molecule has 1 aromatic carbocycles. The fourth-order valence-corrected chi connectivity index (χ4v) is 2.52. The van der Waals surface area contributed by atoms with Crippen LogP contribution in [-0.2, 0) is 4.79 Å². The Labute approximate surface area is 137 Å². The fourth-order valence-electron chi connectivity index (χ4n) is 2.52. The van der Waals surface area contributed by atoms with Crippen LogP contribution in [0, 0.1) is 5.82 Å². The van der Waals surface area contributed by atoms with E-state index >= 15 is 0 Å². The minimum absolute atomic E-state index is 0.117. The molecule has 0 spiro atoms. The molecule has 1 aliphatic rings. The molecule has 1 aliphatic heterocycles. The van der Waals surface area contributed by atoms with E-state index < -0.39 is 0 Å². The molecule has 0 saturated carbocycles. The lowest BCUT2D eigenvalue weighted by Gasteiger charge is -2.17. The van der Waals surface area contributed by atoms with Gasteiger partial charge in [-0.05, 0) is 24.3 Å². The van der Waals surface area contributed by atoms with Gasteiger partial charge in [-0.25, -0.2) is 14.4 Å². The molecule has 2 N–H and O–H groups in total. The summed E-state index contributed by atoms with van der Waals surface area (Å²) in [4.78, 5) is 33.8. The molecule has 1 atom stereocenters. The van der Waals surface area contributed by atoms with Crippen LogP contribution in [0.3, 0.4) is 0 Å². The zero-order chi connectivity index (χ0) is 17.1. The largest absolute Gasteiger partial charge is 0.357 e. The maximum Gasteiger partial charge on any atom is 0.254 e. The number of amides is 2. The predicted octanol–water partition coefficient (Wildman–Crippen LogP) is 1.19. The average Bonchev–Trinajstić information content (AvgIpc) is 2.96. The highest BCUT2D eigenvalue weighted by Gasteiger charge is 2.31. The normalized spacial score (nSPS) is 17.0. The number of aromatic nitrogens is 2. The molecule has 1 fully saturated rings. The summed E-state index contributed by atoms with van der Waals surface area (Å²) in [6, 6.07) is 5.37.